The lowest BCUT2D eigenvalue weighted by Gasteiger charge is -2.17. The van der Waals surface area contributed by atoms with Crippen molar-refractivity contribution in [1.82, 2.24) is 14.7 Å². The van der Waals surface area contributed by atoms with E-state index in [9.17, 15) is 15.2 Å². The van der Waals surface area contributed by atoms with Crippen molar-refractivity contribution in [2.24, 2.45) is 0 Å². The van der Waals surface area contributed by atoms with Crippen LogP contribution in [0.5, 0.6) is 0 Å². The van der Waals surface area contributed by atoms with E-state index in [0.717, 1.165) is 5.69 Å². The minimum atomic E-state index is -0.403. The molecule has 0 saturated heterocycles. The molecule has 1 aromatic carbocycles. The molecule has 0 aliphatic heterocycles. The number of benzene rings is 1. The van der Waals surface area contributed by atoms with Crippen LogP contribution in [-0.4, -0.2) is 51.9 Å². The number of rotatable bonds is 7. The quantitative estimate of drug-likeness (QED) is 0.801. The summed E-state index contributed by atoms with van der Waals surface area (Å²) < 4.78 is 1.53. The number of nitriles is 1. The highest BCUT2D eigenvalue weighted by atomic mass is 16.3. The van der Waals surface area contributed by atoms with Crippen LogP contribution in [0.1, 0.15) is 18.9 Å². The molecule has 7 heteroatoms. The van der Waals surface area contributed by atoms with Gasteiger partial charge in [0.2, 0.25) is 5.91 Å². The third-order valence-electron chi connectivity index (χ3n) is 3.49. The highest BCUT2D eigenvalue weighted by Crippen LogP contribution is 2.19. The number of para-hydroxylation sites is 1. The molecular formula is C17H21N5O2. The topological polar surface area (TPSA) is 94.2 Å². The number of aliphatic hydroxyl groups is 1. The lowest BCUT2D eigenvalue weighted by molar-refractivity contribution is -0.117. The van der Waals surface area contributed by atoms with Gasteiger partial charge < -0.3 is 10.4 Å². The van der Waals surface area contributed by atoms with Crippen LogP contribution in [0, 0.1) is 11.3 Å². The van der Waals surface area contributed by atoms with Crippen LogP contribution in [0.3, 0.4) is 0 Å². The van der Waals surface area contributed by atoms with E-state index in [1.807, 2.05) is 48.3 Å². The molecule has 1 amide bonds. The molecule has 24 heavy (non-hydrogen) atoms. The first-order valence-electron chi connectivity index (χ1n) is 7.71. The van der Waals surface area contributed by atoms with Crippen LogP contribution in [0.4, 0.5) is 5.82 Å². The molecule has 1 heterocycles. The number of anilines is 1. The number of aliphatic hydroxyl groups excluding tert-OH is 1. The molecular weight excluding hydrogens is 306 g/mol. The number of carbonyl (C=O) groups excluding carboxylic acids is 1. The number of hydrogen-bond acceptors (Lipinski definition) is 5. The number of amides is 1. The summed E-state index contributed by atoms with van der Waals surface area (Å²) in [7, 11) is 1.81. The van der Waals surface area contributed by atoms with E-state index in [-0.39, 0.29) is 12.5 Å². The first kappa shape index (κ1) is 17.7. The molecule has 2 N–H and O–H groups in total. The van der Waals surface area contributed by atoms with Crippen molar-refractivity contribution in [3.8, 4) is 11.8 Å². The van der Waals surface area contributed by atoms with Crippen LogP contribution in [0.25, 0.3) is 5.69 Å². The fourth-order valence-corrected chi connectivity index (χ4v) is 2.22. The molecule has 2 aromatic rings. The summed E-state index contributed by atoms with van der Waals surface area (Å²) in [6.07, 6.45) is 1.62. The van der Waals surface area contributed by atoms with Gasteiger partial charge in [-0.05, 0) is 32.5 Å². The summed E-state index contributed by atoms with van der Waals surface area (Å²) in [5.41, 5.74) is 1.07. The standard InChI is InChI=1S/C17H21N5O2/c1-13(23)8-9-21(2)12-16(24)20-17-14(10-18)11-19-22(17)15-6-4-3-5-7-15/h3-7,11,13,23H,8-9,12H2,1-2H3,(H,20,24). The second-order valence-electron chi connectivity index (χ2n) is 5.69. The van der Waals surface area contributed by atoms with Crippen LogP contribution >= 0.6 is 0 Å². The van der Waals surface area contributed by atoms with Crippen LogP contribution in [-0.2, 0) is 4.79 Å². The molecule has 2 rings (SSSR count). The SMILES string of the molecule is CC(O)CCN(C)CC(=O)Nc1c(C#N)cnn1-c1ccccc1. The zero-order valence-corrected chi connectivity index (χ0v) is 13.8. The van der Waals surface area contributed by atoms with E-state index in [1.165, 1.54) is 10.9 Å². The summed E-state index contributed by atoms with van der Waals surface area (Å²) >= 11 is 0. The van der Waals surface area contributed by atoms with Gasteiger partial charge in [0.15, 0.2) is 5.82 Å². The second-order valence-corrected chi connectivity index (χ2v) is 5.69. The summed E-state index contributed by atoms with van der Waals surface area (Å²) in [4.78, 5) is 14.1. The third kappa shape index (κ3) is 4.65. The fourth-order valence-electron chi connectivity index (χ4n) is 2.22. The average molecular weight is 327 g/mol. The Kier molecular flexibility index (Phi) is 6.07. The van der Waals surface area contributed by atoms with Gasteiger partial charge in [0, 0.05) is 6.54 Å². The maximum Gasteiger partial charge on any atom is 0.239 e. The zero-order chi connectivity index (χ0) is 17.5. The molecule has 1 atom stereocenters. The van der Waals surface area contributed by atoms with Gasteiger partial charge >= 0.3 is 0 Å². The van der Waals surface area contributed by atoms with E-state index in [2.05, 4.69) is 10.4 Å². The van der Waals surface area contributed by atoms with Crippen molar-refractivity contribution < 1.29 is 9.90 Å². The van der Waals surface area contributed by atoms with Gasteiger partial charge in [-0.25, -0.2) is 4.68 Å². The first-order chi connectivity index (χ1) is 11.5. The predicted octanol–water partition coefficient (Wildman–Crippen LogP) is 1.39. The van der Waals surface area contributed by atoms with Crippen molar-refractivity contribution in [3.63, 3.8) is 0 Å². The van der Waals surface area contributed by atoms with E-state index in [1.54, 1.807) is 6.92 Å². The fraction of sp³-hybridized carbons (Fsp3) is 0.353. The van der Waals surface area contributed by atoms with Gasteiger partial charge in [0.05, 0.1) is 24.5 Å². The number of nitrogens with one attached hydrogen (secondary N) is 1. The minimum Gasteiger partial charge on any atom is -0.393 e. The highest BCUT2D eigenvalue weighted by Gasteiger charge is 2.16. The van der Waals surface area contributed by atoms with Gasteiger partial charge in [0.25, 0.3) is 0 Å². The van der Waals surface area contributed by atoms with Gasteiger partial charge in [-0.3, -0.25) is 9.69 Å². The molecule has 7 nitrogen and oxygen atoms in total. The Labute approximate surface area is 141 Å². The first-order valence-corrected chi connectivity index (χ1v) is 7.71. The lowest BCUT2D eigenvalue weighted by atomic mass is 10.3. The highest BCUT2D eigenvalue weighted by molar-refractivity contribution is 5.92. The molecule has 126 valence electrons. The predicted molar refractivity (Wildman–Crippen MR) is 90.7 cm³/mol. The summed E-state index contributed by atoms with van der Waals surface area (Å²) in [5, 5.41) is 25.5. The molecule has 1 aromatic heterocycles. The monoisotopic (exact) mass is 327 g/mol. The van der Waals surface area contributed by atoms with Crippen LogP contribution in [0.15, 0.2) is 36.5 Å². The number of carbonyl (C=O) groups is 1. The Morgan fingerprint density at radius 3 is 2.79 bits per heavy atom. The van der Waals surface area contributed by atoms with Crippen LogP contribution < -0.4 is 5.32 Å². The Bertz CT molecular complexity index is 718. The van der Waals surface area contributed by atoms with Crippen LogP contribution in [0.2, 0.25) is 0 Å². The molecule has 0 saturated carbocycles. The smallest absolute Gasteiger partial charge is 0.239 e. The molecule has 0 radical (unpaired) electrons. The normalized spacial score (nSPS) is 12.0. The molecule has 0 spiro atoms. The number of likely N-dealkylation sites (N-methyl/N-ethyl adjacent to an activating group) is 1. The Morgan fingerprint density at radius 1 is 1.46 bits per heavy atom. The van der Waals surface area contributed by atoms with Crippen molar-refractivity contribution in [2.75, 3.05) is 25.5 Å². The summed E-state index contributed by atoms with van der Waals surface area (Å²) in [6, 6.07) is 11.3. The maximum atomic E-state index is 12.3. The van der Waals surface area contributed by atoms with Crippen molar-refractivity contribution in [2.45, 2.75) is 19.4 Å². The summed E-state index contributed by atoms with van der Waals surface area (Å²) in [5.74, 6) is 0.120. The molecule has 0 aliphatic rings. The zero-order valence-electron chi connectivity index (χ0n) is 13.8. The molecule has 0 bridgehead atoms. The molecule has 0 aliphatic carbocycles. The largest absolute Gasteiger partial charge is 0.393 e. The Balaban J connectivity index is 2.10. The number of hydrogen-bond donors (Lipinski definition) is 2. The minimum absolute atomic E-state index is 0.164. The lowest BCUT2D eigenvalue weighted by Crippen LogP contribution is -2.32. The van der Waals surface area contributed by atoms with Crippen molar-refractivity contribution in [3.05, 3.63) is 42.1 Å². The van der Waals surface area contributed by atoms with Gasteiger partial charge in [-0.15, -0.1) is 0 Å². The van der Waals surface area contributed by atoms with Gasteiger partial charge in [0.1, 0.15) is 11.6 Å². The Hall–Kier alpha value is -2.69. The van der Waals surface area contributed by atoms with E-state index < -0.39 is 6.10 Å². The third-order valence-corrected chi connectivity index (χ3v) is 3.49. The number of aromatic nitrogens is 2. The summed E-state index contributed by atoms with van der Waals surface area (Å²) in [6.45, 7) is 2.48. The van der Waals surface area contributed by atoms with Crippen molar-refractivity contribution in [1.29, 1.82) is 5.26 Å². The maximum absolute atomic E-state index is 12.3. The van der Waals surface area contributed by atoms with E-state index in [4.69, 9.17) is 0 Å². The second kappa shape index (κ2) is 8.24. The van der Waals surface area contributed by atoms with Gasteiger partial charge in [-0.2, -0.15) is 10.4 Å². The average Bonchev–Trinajstić information content (AvgIpc) is 2.96. The van der Waals surface area contributed by atoms with E-state index >= 15 is 0 Å². The van der Waals surface area contributed by atoms with Gasteiger partial charge in [-0.1, -0.05) is 18.2 Å². The molecule has 1 unspecified atom stereocenters. The van der Waals surface area contributed by atoms with Crippen molar-refractivity contribution >= 4 is 11.7 Å². The Morgan fingerprint density at radius 2 is 2.17 bits per heavy atom. The van der Waals surface area contributed by atoms with E-state index in [0.29, 0.717) is 24.3 Å². The number of nitrogens with zero attached hydrogens (tertiary/aromatic N) is 4. The molecule has 0 fully saturated rings.